The molecule has 0 bridgehead atoms. The molecule has 1 atom stereocenters. The highest BCUT2D eigenvalue weighted by Crippen LogP contribution is 2.40. The van der Waals surface area contributed by atoms with Crippen LogP contribution in [0.4, 0.5) is 15.8 Å². The van der Waals surface area contributed by atoms with Crippen molar-refractivity contribution in [3.05, 3.63) is 53.2 Å². The van der Waals surface area contributed by atoms with Gasteiger partial charge in [-0.05, 0) is 42.8 Å². The third-order valence-corrected chi connectivity index (χ3v) is 5.24. The molecule has 2 aliphatic heterocycles. The number of rotatable bonds is 1. The highest BCUT2D eigenvalue weighted by atomic mass is 19.1. The van der Waals surface area contributed by atoms with Crippen LogP contribution in [0.5, 0.6) is 0 Å². The summed E-state index contributed by atoms with van der Waals surface area (Å²) < 4.78 is 19.4. The van der Waals surface area contributed by atoms with Crippen LogP contribution in [0.1, 0.15) is 28.2 Å². The Hall–Kier alpha value is -3.06. The van der Waals surface area contributed by atoms with Gasteiger partial charge in [0.15, 0.2) is 17.1 Å². The minimum atomic E-state index is -1.75. The van der Waals surface area contributed by atoms with Gasteiger partial charge in [0.05, 0.1) is 5.69 Å². The first-order chi connectivity index (χ1) is 12.9. The normalized spacial score (nSPS) is 21.4. The molecule has 27 heavy (non-hydrogen) atoms. The van der Waals surface area contributed by atoms with Gasteiger partial charge in [-0.2, -0.15) is 0 Å². The number of Topliss-reactive ketones (excluding diaryl/α,β-unsaturated/α-hetero) is 1. The van der Waals surface area contributed by atoms with Crippen LogP contribution in [0.15, 0.2) is 39.7 Å². The summed E-state index contributed by atoms with van der Waals surface area (Å²) in [5, 5.41) is 11.1. The summed E-state index contributed by atoms with van der Waals surface area (Å²) >= 11 is 0. The number of amidine groups is 1. The lowest BCUT2D eigenvalue weighted by molar-refractivity contribution is 0.0601. The fourth-order valence-corrected chi connectivity index (χ4v) is 3.81. The zero-order chi connectivity index (χ0) is 18.9. The number of anilines is 1. The largest absolute Gasteiger partial charge is 0.441 e. The molecule has 2 aromatic carbocycles. The molecule has 2 aliphatic rings. The second-order valence-electron chi connectivity index (χ2n) is 7.03. The second-order valence-corrected chi connectivity index (χ2v) is 7.03. The van der Waals surface area contributed by atoms with Gasteiger partial charge in [0.1, 0.15) is 17.2 Å². The molecule has 0 spiro atoms. The lowest BCUT2D eigenvalue weighted by atomic mass is 9.87. The van der Waals surface area contributed by atoms with Crippen molar-refractivity contribution in [1.82, 2.24) is 4.98 Å². The molecule has 6 nitrogen and oxygen atoms in total. The average Bonchev–Trinajstić information content (AvgIpc) is 3.16. The SMILES string of the molecule is Cc1nc2cc(N3CC[C@@]4(O)C(=O)c5cc(F)c(C)cc5N=C34)ccc2o1. The van der Waals surface area contributed by atoms with Crippen molar-refractivity contribution in [3.63, 3.8) is 0 Å². The number of aryl methyl sites for hydroxylation is 2. The fraction of sp³-hybridized carbons (Fsp3) is 0.250. The highest BCUT2D eigenvalue weighted by molar-refractivity contribution is 6.28. The van der Waals surface area contributed by atoms with E-state index < -0.39 is 17.2 Å². The van der Waals surface area contributed by atoms with Gasteiger partial charge in [-0.15, -0.1) is 0 Å². The van der Waals surface area contributed by atoms with Crippen LogP contribution in [-0.2, 0) is 0 Å². The predicted octanol–water partition coefficient (Wildman–Crippen LogP) is 3.45. The Bertz CT molecular complexity index is 1170. The number of hydrogen-bond acceptors (Lipinski definition) is 6. The van der Waals surface area contributed by atoms with Crippen molar-refractivity contribution in [2.24, 2.45) is 4.99 Å². The van der Waals surface area contributed by atoms with Gasteiger partial charge in [-0.25, -0.2) is 14.4 Å². The molecular weight excluding hydrogens is 349 g/mol. The maximum atomic E-state index is 13.9. The summed E-state index contributed by atoms with van der Waals surface area (Å²) in [5.41, 5.74) is 1.28. The smallest absolute Gasteiger partial charge is 0.204 e. The fourth-order valence-electron chi connectivity index (χ4n) is 3.81. The van der Waals surface area contributed by atoms with Gasteiger partial charge in [0, 0.05) is 31.1 Å². The van der Waals surface area contributed by atoms with Crippen molar-refractivity contribution in [1.29, 1.82) is 0 Å². The topological polar surface area (TPSA) is 78.9 Å². The number of aromatic nitrogens is 1. The molecule has 1 N–H and O–H groups in total. The molecule has 0 aliphatic carbocycles. The van der Waals surface area contributed by atoms with E-state index in [1.54, 1.807) is 19.9 Å². The van der Waals surface area contributed by atoms with Crippen LogP contribution >= 0.6 is 0 Å². The molecule has 1 saturated heterocycles. The summed E-state index contributed by atoms with van der Waals surface area (Å²) in [6.45, 7) is 3.81. The van der Waals surface area contributed by atoms with E-state index in [9.17, 15) is 14.3 Å². The minimum absolute atomic E-state index is 0.119. The Morgan fingerprint density at radius 2 is 2.07 bits per heavy atom. The lowest BCUT2D eigenvalue weighted by Crippen LogP contribution is -2.48. The van der Waals surface area contributed by atoms with Gasteiger partial charge in [-0.1, -0.05) is 0 Å². The van der Waals surface area contributed by atoms with Gasteiger partial charge in [0.2, 0.25) is 5.78 Å². The Morgan fingerprint density at radius 3 is 2.89 bits per heavy atom. The predicted molar refractivity (Wildman–Crippen MR) is 98.2 cm³/mol. The second kappa shape index (κ2) is 5.23. The zero-order valence-corrected chi connectivity index (χ0v) is 14.8. The molecule has 0 saturated carbocycles. The number of fused-ring (bicyclic) bond motifs is 3. The van der Waals surface area contributed by atoms with Crippen LogP contribution in [0.3, 0.4) is 0 Å². The maximum absolute atomic E-state index is 13.9. The summed E-state index contributed by atoms with van der Waals surface area (Å²) in [7, 11) is 0. The van der Waals surface area contributed by atoms with E-state index in [-0.39, 0.29) is 17.8 Å². The molecule has 0 unspecified atom stereocenters. The molecular formula is C20H16FN3O3. The number of aliphatic hydroxyl groups is 1. The van der Waals surface area contributed by atoms with Crippen molar-refractivity contribution in [2.75, 3.05) is 11.4 Å². The number of carbonyl (C=O) groups excluding carboxylic acids is 1. The minimum Gasteiger partial charge on any atom is -0.441 e. The van der Waals surface area contributed by atoms with E-state index in [2.05, 4.69) is 9.98 Å². The first-order valence-corrected chi connectivity index (χ1v) is 8.68. The number of hydrogen-bond donors (Lipinski definition) is 1. The van der Waals surface area contributed by atoms with E-state index in [0.29, 0.717) is 34.8 Å². The van der Waals surface area contributed by atoms with Crippen molar-refractivity contribution < 1.29 is 18.7 Å². The van der Waals surface area contributed by atoms with Gasteiger partial charge in [-0.3, -0.25) is 4.79 Å². The molecule has 1 fully saturated rings. The van der Waals surface area contributed by atoms with E-state index >= 15 is 0 Å². The monoisotopic (exact) mass is 365 g/mol. The summed E-state index contributed by atoms with van der Waals surface area (Å²) in [6.07, 6.45) is 0.190. The average molecular weight is 365 g/mol. The Balaban J connectivity index is 1.66. The number of halogens is 1. The van der Waals surface area contributed by atoms with E-state index in [1.807, 2.05) is 17.0 Å². The van der Waals surface area contributed by atoms with Crippen LogP contribution in [0.25, 0.3) is 11.1 Å². The highest BCUT2D eigenvalue weighted by Gasteiger charge is 2.52. The number of carbonyl (C=O) groups is 1. The zero-order valence-electron chi connectivity index (χ0n) is 14.8. The molecule has 3 heterocycles. The maximum Gasteiger partial charge on any atom is 0.204 e. The molecule has 5 rings (SSSR count). The summed E-state index contributed by atoms with van der Waals surface area (Å²) in [6, 6.07) is 8.20. The van der Waals surface area contributed by atoms with Crippen LogP contribution in [0.2, 0.25) is 0 Å². The third kappa shape index (κ3) is 2.18. The standard InChI is InChI=1S/C20H16FN3O3/c1-10-7-15-13(9-14(10)21)18(25)20(26)5-6-24(19(20)23-15)12-3-4-17-16(8-12)22-11(2)27-17/h3-4,7-9,26H,5-6H2,1-2H3/t20-/m1/s1. The number of benzene rings is 2. The van der Waals surface area contributed by atoms with Gasteiger partial charge in [0.25, 0.3) is 0 Å². The van der Waals surface area contributed by atoms with Crippen LogP contribution < -0.4 is 4.90 Å². The quantitative estimate of drug-likeness (QED) is 0.715. The van der Waals surface area contributed by atoms with Crippen molar-refractivity contribution in [2.45, 2.75) is 25.9 Å². The number of ketones is 1. The molecule has 0 radical (unpaired) electrons. The first-order valence-electron chi connectivity index (χ1n) is 8.68. The van der Waals surface area contributed by atoms with E-state index in [1.165, 1.54) is 6.07 Å². The molecule has 136 valence electrons. The lowest BCUT2D eigenvalue weighted by Gasteiger charge is -2.29. The van der Waals surface area contributed by atoms with E-state index in [0.717, 1.165) is 11.8 Å². The van der Waals surface area contributed by atoms with Crippen molar-refractivity contribution in [3.8, 4) is 0 Å². The Labute approximate surface area is 154 Å². The van der Waals surface area contributed by atoms with Crippen LogP contribution in [0, 0.1) is 19.7 Å². The summed E-state index contributed by atoms with van der Waals surface area (Å²) in [5.74, 6) is -0.157. The Kier molecular flexibility index (Phi) is 3.13. The number of oxazole rings is 1. The first kappa shape index (κ1) is 16.1. The molecule has 0 amide bonds. The third-order valence-electron chi connectivity index (χ3n) is 5.24. The van der Waals surface area contributed by atoms with E-state index in [4.69, 9.17) is 4.42 Å². The molecule has 7 heteroatoms. The molecule has 1 aromatic heterocycles. The number of nitrogens with zero attached hydrogens (tertiary/aromatic N) is 3. The number of aliphatic imine (C=N–C) groups is 1. The summed E-state index contributed by atoms with van der Waals surface area (Å²) in [4.78, 5) is 23.6. The van der Waals surface area contributed by atoms with Gasteiger partial charge >= 0.3 is 0 Å². The van der Waals surface area contributed by atoms with Crippen molar-refractivity contribution >= 4 is 34.1 Å². The van der Waals surface area contributed by atoms with Crippen LogP contribution in [-0.4, -0.2) is 33.9 Å². The molecule has 3 aromatic rings. The van der Waals surface area contributed by atoms with Gasteiger partial charge < -0.3 is 14.4 Å². The Morgan fingerprint density at radius 1 is 1.26 bits per heavy atom.